The molecule has 0 aliphatic rings. The van der Waals surface area contributed by atoms with Crippen molar-refractivity contribution < 1.29 is 19.0 Å². The summed E-state index contributed by atoms with van der Waals surface area (Å²) in [7, 11) is 4.72. The fraction of sp³-hybridized carbons (Fsp3) is 0.235. The summed E-state index contributed by atoms with van der Waals surface area (Å²) in [4.78, 5) is 12.4. The average molecular weight is 301 g/mol. The molecule has 0 heterocycles. The van der Waals surface area contributed by atoms with E-state index >= 15 is 0 Å². The summed E-state index contributed by atoms with van der Waals surface area (Å²) in [6, 6.07) is 10.5. The zero-order valence-electron chi connectivity index (χ0n) is 13.1. The Bertz CT molecular complexity index is 682. The van der Waals surface area contributed by atoms with Crippen molar-refractivity contribution in [2.45, 2.75) is 6.92 Å². The molecule has 2 rings (SSSR count). The topological polar surface area (TPSA) is 56.8 Å². The highest BCUT2D eigenvalue weighted by molar-refractivity contribution is 6.05. The van der Waals surface area contributed by atoms with E-state index in [0.717, 1.165) is 11.3 Å². The Morgan fingerprint density at radius 3 is 2.18 bits per heavy atom. The SMILES string of the molecule is COc1ccc(OC)c(NC(=O)c2ccc(OC)c(C)c2)c1. The van der Waals surface area contributed by atoms with Crippen LogP contribution in [-0.4, -0.2) is 27.2 Å². The molecule has 5 heteroatoms. The van der Waals surface area contributed by atoms with Crippen molar-refractivity contribution in [2.75, 3.05) is 26.6 Å². The van der Waals surface area contributed by atoms with Gasteiger partial charge >= 0.3 is 0 Å². The highest BCUT2D eigenvalue weighted by Gasteiger charge is 2.12. The number of carbonyl (C=O) groups excluding carboxylic acids is 1. The molecule has 0 unspecified atom stereocenters. The van der Waals surface area contributed by atoms with Gasteiger partial charge in [0.1, 0.15) is 17.2 Å². The first kappa shape index (κ1) is 15.7. The van der Waals surface area contributed by atoms with E-state index < -0.39 is 0 Å². The van der Waals surface area contributed by atoms with Crippen LogP contribution in [0.5, 0.6) is 17.2 Å². The van der Waals surface area contributed by atoms with Gasteiger partial charge in [-0.05, 0) is 42.8 Å². The molecule has 0 fully saturated rings. The maximum Gasteiger partial charge on any atom is 0.255 e. The number of hydrogen-bond acceptors (Lipinski definition) is 4. The summed E-state index contributed by atoms with van der Waals surface area (Å²) in [5, 5.41) is 2.83. The van der Waals surface area contributed by atoms with Crippen molar-refractivity contribution in [3.63, 3.8) is 0 Å². The van der Waals surface area contributed by atoms with Crippen LogP contribution in [0.25, 0.3) is 0 Å². The van der Waals surface area contributed by atoms with Gasteiger partial charge in [-0.1, -0.05) is 0 Å². The molecular weight excluding hydrogens is 282 g/mol. The smallest absolute Gasteiger partial charge is 0.255 e. The van der Waals surface area contributed by atoms with E-state index in [-0.39, 0.29) is 5.91 Å². The number of ether oxygens (including phenoxy) is 3. The maximum absolute atomic E-state index is 12.4. The van der Waals surface area contributed by atoms with Gasteiger partial charge in [0.15, 0.2) is 0 Å². The van der Waals surface area contributed by atoms with Crippen LogP contribution < -0.4 is 19.5 Å². The molecule has 116 valence electrons. The number of nitrogens with one attached hydrogen (secondary N) is 1. The number of benzene rings is 2. The number of hydrogen-bond donors (Lipinski definition) is 1. The summed E-state index contributed by atoms with van der Waals surface area (Å²) in [6.45, 7) is 1.89. The van der Waals surface area contributed by atoms with Gasteiger partial charge in [-0.2, -0.15) is 0 Å². The zero-order valence-corrected chi connectivity index (χ0v) is 13.1. The molecule has 0 aromatic heterocycles. The molecule has 0 saturated heterocycles. The fourth-order valence-corrected chi connectivity index (χ4v) is 2.13. The number of methoxy groups -OCH3 is 3. The van der Waals surface area contributed by atoms with Gasteiger partial charge in [0.2, 0.25) is 0 Å². The van der Waals surface area contributed by atoms with Gasteiger partial charge in [-0.3, -0.25) is 4.79 Å². The predicted octanol–water partition coefficient (Wildman–Crippen LogP) is 3.27. The lowest BCUT2D eigenvalue weighted by Gasteiger charge is -2.12. The van der Waals surface area contributed by atoms with Crippen LogP contribution in [0, 0.1) is 6.92 Å². The molecule has 22 heavy (non-hydrogen) atoms. The van der Waals surface area contributed by atoms with Crippen molar-refractivity contribution in [2.24, 2.45) is 0 Å². The van der Waals surface area contributed by atoms with Gasteiger partial charge in [-0.25, -0.2) is 0 Å². The number of carbonyl (C=O) groups is 1. The lowest BCUT2D eigenvalue weighted by atomic mass is 10.1. The van der Waals surface area contributed by atoms with Crippen LogP contribution in [0.4, 0.5) is 5.69 Å². The molecule has 0 atom stereocenters. The molecule has 0 radical (unpaired) electrons. The summed E-state index contributed by atoms with van der Waals surface area (Å²) >= 11 is 0. The summed E-state index contributed by atoms with van der Waals surface area (Å²) in [5.41, 5.74) is 2.00. The van der Waals surface area contributed by atoms with Crippen LogP contribution in [-0.2, 0) is 0 Å². The fourth-order valence-electron chi connectivity index (χ4n) is 2.13. The van der Waals surface area contributed by atoms with Gasteiger partial charge in [0.05, 0.1) is 27.0 Å². The third kappa shape index (κ3) is 3.31. The molecule has 0 spiro atoms. The zero-order chi connectivity index (χ0) is 16.1. The van der Waals surface area contributed by atoms with E-state index in [9.17, 15) is 4.79 Å². The third-order valence-corrected chi connectivity index (χ3v) is 3.31. The second kappa shape index (κ2) is 6.85. The first-order valence-corrected chi connectivity index (χ1v) is 6.77. The second-order valence-electron chi connectivity index (χ2n) is 4.70. The Morgan fingerprint density at radius 1 is 0.909 bits per heavy atom. The van der Waals surface area contributed by atoms with Crippen LogP contribution in [0.15, 0.2) is 36.4 Å². The van der Waals surface area contributed by atoms with Crippen molar-refractivity contribution >= 4 is 11.6 Å². The molecule has 1 N–H and O–H groups in total. The number of anilines is 1. The molecule has 0 aliphatic heterocycles. The van der Waals surface area contributed by atoms with Crippen molar-refractivity contribution in [3.8, 4) is 17.2 Å². The lowest BCUT2D eigenvalue weighted by Crippen LogP contribution is -2.13. The highest BCUT2D eigenvalue weighted by atomic mass is 16.5. The minimum absolute atomic E-state index is 0.225. The van der Waals surface area contributed by atoms with Crippen molar-refractivity contribution in [3.05, 3.63) is 47.5 Å². The minimum atomic E-state index is -0.225. The first-order valence-electron chi connectivity index (χ1n) is 6.77. The molecule has 0 bridgehead atoms. The first-order chi connectivity index (χ1) is 10.6. The summed E-state index contributed by atoms with van der Waals surface area (Å²) in [6.07, 6.45) is 0. The van der Waals surface area contributed by atoms with E-state index in [1.165, 1.54) is 0 Å². The maximum atomic E-state index is 12.4. The molecule has 0 aliphatic carbocycles. The molecule has 2 aromatic rings. The van der Waals surface area contributed by atoms with Crippen LogP contribution in [0.1, 0.15) is 15.9 Å². The number of amides is 1. The quantitative estimate of drug-likeness (QED) is 0.921. The van der Waals surface area contributed by atoms with Crippen molar-refractivity contribution in [1.82, 2.24) is 0 Å². The van der Waals surface area contributed by atoms with E-state index in [1.807, 2.05) is 6.92 Å². The number of aryl methyl sites for hydroxylation is 1. The van der Waals surface area contributed by atoms with Gasteiger partial charge < -0.3 is 19.5 Å². The summed E-state index contributed by atoms with van der Waals surface area (Å²) in [5.74, 6) is 1.73. The van der Waals surface area contributed by atoms with E-state index in [2.05, 4.69) is 5.32 Å². The van der Waals surface area contributed by atoms with Gasteiger partial charge in [0, 0.05) is 11.6 Å². The Morgan fingerprint density at radius 2 is 1.59 bits per heavy atom. The van der Waals surface area contributed by atoms with Crippen molar-refractivity contribution in [1.29, 1.82) is 0 Å². The monoisotopic (exact) mass is 301 g/mol. The number of rotatable bonds is 5. The molecular formula is C17H19NO4. The summed E-state index contributed by atoms with van der Waals surface area (Å²) < 4.78 is 15.6. The normalized spacial score (nSPS) is 10.0. The molecule has 2 aromatic carbocycles. The standard InChI is InChI=1S/C17H19NO4/c1-11-9-12(5-7-15(11)21-3)17(19)18-14-10-13(20-2)6-8-16(14)22-4/h5-10H,1-4H3,(H,18,19). The highest BCUT2D eigenvalue weighted by Crippen LogP contribution is 2.29. The molecule has 0 saturated carbocycles. The van der Waals surface area contributed by atoms with Crippen LogP contribution in [0.3, 0.4) is 0 Å². The Balaban J connectivity index is 2.26. The molecule has 5 nitrogen and oxygen atoms in total. The molecule has 1 amide bonds. The average Bonchev–Trinajstić information content (AvgIpc) is 2.54. The predicted molar refractivity (Wildman–Crippen MR) is 85.2 cm³/mol. The van der Waals surface area contributed by atoms with E-state index in [4.69, 9.17) is 14.2 Å². The van der Waals surface area contributed by atoms with Gasteiger partial charge in [0.25, 0.3) is 5.91 Å². The Labute approximate surface area is 129 Å². The lowest BCUT2D eigenvalue weighted by molar-refractivity contribution is 0.102. The van der Waals surface area contributed by atoms with Crippen LogP contribution in [0.2, 0.25) is 0 Å². The third-order valence-electron chi connectivity index (χ3n) is 3.31. The Hall–Kier alpha value is -2.69. The van der Waals surface area contributed by atoms with E-state index in [0.29, 0.717) is 22.7 Å². The second-order valence-corrected chi connectivity index (χ2v) is 4.70. The minimum Gasteiger partial charge on any atom is -0.497 e. The van der Waals surface area contributed by atoms with Crippen LogP contribution >= 0.6 is 0 Å². The largest absolute Gasteiger partial charge is 0.497 e. The Kier molecular flexibility index (Phi) is 4.88. The van der Waals surface area contributed by atoms with Gasteiger partial charge in [-0.15, -0.1) is 0 Å². The van der Waals surface area contributed by atoms with E-state index in [1.54, 1.807) is 57.7 Å².